The smallest absolute Gasteiger partial charge is 0.0720 e. The summed E-state index contributed by atoms with van der Waals surface area (Å²) < 4.78 is 0. The van der Waals surface area contributed by atoms with Crippen LogP contribution in [-0.2, 0) is 0 Å². The van der Waals surface area contributed by atoms with Gasteiger partial charge in [-0.25, -0.2) is 0 Å². The molecule has 0 aromatic rings. The van der Waals surface area contributed by atoms with Crippen molar-refractivity contribution in [2.75, 3.05) is 0 Å². The first-order chi connectivity index (χ1) is 6.52. The Morgan fingerprint density at radius 2 is 1.64 bits per heavy atom. The van der Waals surface area contributed by atoms with Crippen molar-refractivity contribution in [3.8, 4) is 0 Å². The number of allylic oxidation sites excluding steroid dienone is 2. The number of hydrogen-bond acceptors (Lipinski definition) is 0. The summed E-state index contributed by atoms with van der Waals surface area (Å²) in [5, 5.41) is 1.80. The molecule has 0 atom stereocenters. The number of rotatable bonds is 7. The second kappa shape index (κ2) is 7.28. The molecule has 0 rings (SSSR count). The van der Waals surface area contributed by atoms with E-state index in [1.165, 1.54) is 38.5 Å². The van der Waals surface area contributed by atoms with Crippen molar-refractivity contribution in [3.63, 3.8) is 0 Å². The molecule has 0 fully saturated rings. The largest absolute Gasteiger partial charge is 0.0892 e. The lowest BCUT2D eigenvalue weighted by atomic mass is 10.2. The predicted octanol–water partition coefficient (Wildman–Crippen LogP) is 5.17. The van der Waals surface area contributed by atoms with Crippen LogP contribution >= 0.6 is 0 Å². The Morgan fingerprint density at radius 3 is 2.07 bits per heavy atom. The summed E-state index contributed by atoms with van der Waals surface area (Å²) in [6.07, 6.45) is 10.6. The van der Waals surface area contributed by atoms with Crippen LogP contribution < -0.4 is 0 Å². The van der Waals surface area contributed by atoms with Crippen LogP contribution in [0, 0.1) is 0 Å². The molecule has 0 aliphatic carbocycles. The minimum atomic E-state index is -1.01. The molecule has 0 unspecified atom stereocenters. The van der Waals surface area contributed by atoms with Gasteiger partial charge in [0, 0.05) is 0 Å². The van der Waals surface area contributed by atoms with Gasteiger partial charge in [-0.1, -0.05) is 64.0 Å². The zero-order valence-corrected chi connectivity index (χ0v) is 11.8. The summed E-state index contributed by atoms with van der Waals surface area (Å²) in [4.78, 5) is 0. The molecule has 84 valence electrons. The first-order valence-corrected chi connectivity index (χ1v) is 9.71. The predicted molar refractivity (Wildman–Crippen MR) is 70.5 cm³/mol. The molecule has 0 saturated heterocycles. The SMILES string of the molecule is CCC/C=C(\CCCCC)[Si](C)(C)C. The number of unbranched alkanes of at least 4 members (excludes halogenated alkanes) is 3. The average molecular weight is 212 g/mol. The van der Waals surface area contributed by atoms with Crippen LogP contribution in [0.25, 0.3) is 0 Å². The van der Waals surface area contributed by atoms with Crippen molar-refractivity contribution >= 4 is 8.07 Å². The van der Waals surface area contributed by atoms with Gasteiger partial charge in [-0.05, 0) is 19.3 Å². The van der Waals surface area contributed by atoms with Gasteiger partial charge < -0.3 is 0 Å². The molecule has 0 bridgehead atoms. The fourth-order valence-corrected chi connectivity index (χ4v) is 3.35. The van der Waals surface area contributed by atoms with Crippen molar-refractivity contribution in [2.45, 2.75) is 72.0 Å². The molecule has 14 heavy (non-hydrogen) atoms. The monoisotopic (exact) mass is 212 g/mol. The second-order valence-corrected chi connectivity index (χ2v) is 10.4. The third-order valence-corrected chi connectivity index (χ3v) is 5.07. The van der Waals surface area contributed by atoms with E-state index in [0.717, 1.165) is 0 Å². The summed E-state index contributed by atoms with van der Waals surface area (Å²) >= 11 is 0. The molecule has 0 aromatic heterocycles. The molecular formula is C13H28Si. The summed E-state index contributed by atoms with van der Waals surface area (Å²) in [7, 11) is -1.01. The van der Waals surface area contributed by atoms with E-state index in [4.69, 9.17) is 0 Å². The second-order valence-electron chi connectivity index (χ2n) is 5.23. The maximum Gasteiger partial charge on any atom is 0.0720 e. The first kappa shape index (κ1) is 14.0. The van der Waals surface area contributed by atoms with E-state index in [2.05, 4.69) is 39.6 Å². The standard InChI is InChI=1S/C13H28Si/c1-6-8-10-12-13(11-9-7-2)14(3,4)5/h11H,6-10,12H2,1-5H3/b13-11+. The Balaban J connectivity index is 4.12. The van der Waals surface area contributed by atoms with Crippen LogP contribution in [-0.4, -0.2) is 8.07 Å². The molecule has 0 radical (unpaired) electrons. The zero-order valence-electron chi connectivity index (χ0n) is 10.8. The highest BCUT2D eigenvalue weighted by molar-refractivity contribution is 6.83. The lowest BCUT2D eigenvalue weighted by Crippen LogP contribution is -2.24. The van der Waals surface area contributed by atoms with E-state index in [1.54, 1.807) is 5.20 Å². The zero-order chi connectivity index (χ0) is 11.0. The summed E-state index contributed by atoms with van der Waals surface area (Å²) in [5.74, 6) is 0. The van der Waals surface area contributed by atoms with E-state index < -0.39 is 8.07 Å². The van der Waals surface area contributed by atoms with Crippen LogP contribution in [0.3, 0.4) is 0 Å². The fraction of sp³-hybridized carbons (Fsp3) is 0.846. The van der Waals surface area contributed by atoms with E-state index in [-0.39, 0.29) is 0 Å². The van der Waals surface area contributed by atoms with Crippen molar-refractivity contribution in [1.29, 1.82) is 0 Å². The highest BCUT2D eigenvalue weighted by Gasteiger charge is 2.18. The molecule has 0 aromatic carbocycles. The van der Waals surface area contributed by atoms with Gasteiger partial charge >= 0.3 is 0 Å². The molecule has 0 aliphatic rings. The van der Waals surface area contributed by atoms with Crippen molar-refractivity contribution < 1.29 is 0 Å². The van der Waals surface area contributed by atoms with Gasteiger partial charge in [0.2, 0.25) is 0 Å². The van der Waals surface area contributed by atoms with Crippen LogP contribution in [0.5, 0.6) is 0 Å². The normalized spacial score (nSPS) is 13.4. The van der Waals surface area contributed by atoms with Crippen molar-refractivity contribution in [1.82, 2.24) is 0 Å². The Kier molecular flexibility index (Phi) is 7.25. The average Bonchev–Trinajstić information content (AvgIpc) is 2.09. The lowest BCUT2D eigenvalue weighted by Gasteiger charge is -2.21. The third kappa shape index (κ3) is 6.42. The topological polar surface area (TPSA) is 0 Å². The lowest BCUT2D eigenvalue weighted by molar-refractivity contribution is 0.720. The maximum absolute atomic E-state index is 2.53. The molecule has 0 spiro atoms. The summed E-state index contributed by atoms with van der Waals surface area (Å²) in [6, 6.07) is 0. The van der Waals surface area contributed by atoms with Crippen molar-refractivity contribution in [3.05, 3.63) is 11.3 Å². The van der Waals surface area contributed by atoms with E-state index in [0.29, 0.717) is 0 Å². The van der Waals surface area contributed by atoms with Crippen molar-refractivity contribution in [2.24, 2.45) is 0 Å². The van der Waals surface area contributed by atoms with Crippen LogP contribution in [0.1, 0.15) is 52.4 Å². The van der Waals surface area contributed by atoms with E-state index >= 15 is 0 Å². The minimum absolute atomic E-state index is 1.01. The molecule has 0 saturated carbocycles. The van der Waals surface area contributed by atoms with Gasteiger partial charge in [-0.15, -0.1) is 0 Å². The Labute approximate surface area is 91.8 Å². The summed E-state index contributed by atoms with van der Waals surface area (Å²) in [6.45, 7) is 12.0. The first-order valence-electron chi connectivity index (χ1n) is 6.21. The summed E-state index contributed by atoms with van der Waals surface area (Å²) in [5.41, 5.74) is 0. The molecule has 0 aliphatic heterocycles. The van der Waals surface area contributed by atoms with Crippen LogP contribution in [0.4, 0.5) is 0 Å². The molecule has 0 N–H and O–H groups in total. The highest BCUT2D eigenvalue weighted by atomic mass is 28.3. The molecular weight excluding hydrogens is 184 g/mol. The Morgan fingerprint density at radius 1 is 1.00 bits per heavy atom. The van der Waals surface area contributed by atoms with E-state index in [9.17, 15) is 0 Å². The Hall–Kier alpha value is -0.0431. The van der Waals surface area contributed by atoms with Gasteiger partial charge in [0.05, 0.1) is 8.07 Å². The fourth-order valence-electron chi connectivity index (χ4n) is 1.67. The van der Waals surface area contributed by atoms with Gasteiger partial charge in [-0.2, -0.15) is 0 Å². The number of hydrogen-bond donors (Lipinski definition) is 0. The van der Waals surface area contributed by atoms with E-state index in [1.807, 2.05) is 0 Å². The Bertz CT molecular complexity index is 163. The molecule has 0 heterocycles. The van der Waals surface area contributed by atoms with Gasteiger partial charge in [-0.3, -0.25) is 0 Å². The quantitative estimate of drug-likeness (QED) is 0.403. The third-order valence-electron chi connectivity index (χ3n) is 2.69. The maximum atomic E-state index is 2.53. The van der Waals surface area contributed by atoms with Crippen LogP contribution in [0.2, 0.25) is 19.6 Å². The van der Waals surface area contributed by atoms with Gasteiger partial charge in [0.25, 0.3) is 0 Å². The molecule has 0 nitrogen and oxygen atoms in total. The van der Waals surface area contributed by atoms with Crippen LogP contribution in [0.15, 0.2) is 11.3 Å². The minimum Gasteiger partial charge on any atom is -0.0892 e. The molecule has 0 amide bonds. The van der Waals surface area contributed by atoms with Gasteiger partial charge in [0.1, 0.15) is 0 Å². The highest BCUT2D eigenvalue weighted by Crippen LogP contribution is 2.21. The molecule has 1 heteroatoms. The van der Waals surface area contributed by atoms with Gasteiger partial charge in [0.15, 0.2) is 0 Å².